The highest BCUT2D eigenvalue weighted by Crippen LogP contribution is 2.37. The van der Waals surface area contributed by atoms with Gasteiger partial charge in [0.25, 0.3) is 0 Å². The van der Waals surface area contributed by atoms with E-state index in [2.05, 4.69) is 58.1 Å². The molecule has 6 aromatic rings. The molecule has 6 rings (SSSR count). The molecule has 0 amide bonds. The molecular weight excluding hydrogens is 320 g/mol. The number of aromatic nitrogens is 2. The van der Waals surface area contributed by atoms with Crippen molar-refractivity contribution in [3.05, 3.63) is 85.1 Å². The zero-order chi connectivity index (χ0) is 17.1. The Balaban J connectivity index is 1.86. The second kappa shape index (κ2) is 4.96. The van der Waals surface area contributed by atoms with Crippen LogP contribution in [0.25, 0.3) is 49.6 Å². The fourth-order valence-electron chi connectivity index (χ4n) is 3.92. The van der Waals surface area contributed by atoms with Gasteiger partial charge in [0, 0.05) is 27.7 Å². The summed E-state index contributed by atoms with van der Waals surface area (Å²) < 4.78 is 8.33. The van der Waals surface area contributed by atoms with E-state index in [0.717, 1.165) is 38.8 Å². The highest BCUT2D eigenvalue weighted by atomic mass is 16.3. The van der Waals surface area contributed by atoms with Crippen molar-refractivity contribution in [2.45, 2.75) is 0 Å². The van der Waals surface area contributed by atoms with Gasteiger partial charge in [-0.2, -0.15) is 0 Å². The third-order valence-corrected chi connectivity index (χ3v) is 5.05. The average molecular weight is 334 g/mol. The van der Waals surface area contributed by atoms with Gasteiger partial charge in [0.1, 0.15) is 17.0 Å². The Morgan fingerprint density at radius 2 is 1.42 bits per heavy atom. The number of fused-ring (bicyclic) bond motifs is 6. The highest BCUT2D eigenvalue weighted by molar-refractivity contribution is 6.16. The molecule has 0 aliphatic heterocycles. The lowest BCUT2D eigenvalue weighted by Gasteiger charge is -2.06. The van der Waals surface area contributed by atoms with Crippen LogP contribution in [0.2, 0.25) is 0 Å². The lowest BCUT2D eigenvalue weighted by Crippen LogP contribution is -1.95. The molecule has 122 valence electrons. The first-order chi connectivity index (χ1) is 12.9. The fraction of sp³-hybridized carbons (Fsp3) is 0. The van der Waals surface area contributed by atoms with Gasteiger partial charge in [0.05, 0.1) is 11.0 Å². The van der Waals surface area contributed by atoms with Crippen molar-refractivity contribution in [2.24, 2.45) is 0 Å². The van der Waals surface area contributed by atoms with E-state index in [1.807, 2.05) is 36.5 Å². The molecule has 0 aliphatic carbocycles. The highest BCUT2D eigenvalue weighted by Gasteiger charge is 2.16. The molecule has 3 heterocycles. The number of benzene rings is 3. The Morgan fingerprint density at radius 3 is 2.31 bits per heavy atom. The molecule has 0 saturated heterocycles. The fourth-order valence-corrected chi connectivity index (χ4v) is 3.92. The van der Waals surface area contributed by atoms with Gasteiger partial charge in [-0.1, -0.05) is 42.5 Å². The monoisotopic (exact) mass is 334 g/mol. The molecule has 3 aromatic heterocycles. The normalized spacial score (nSPS) is 11.8. The topological polar surface area (TPSA) is 31.0 Å². The van der Waals surface area contributed by atoms with E-state index in [0.29, 0.717) is 0 Å². The molecule has 26 heavy (non-hydrogen) atoms. The van der Waals surface area contributed by atoms with Gasteiger partial charge < -0.3 is 4.42 Å². The minimum atomic E-state index is 0.919. The molecular formula is C23H14N2O. The molecule has 0 atom stereocenters. The minimum absolute atomic E-state index is 0.919. The average Bonchev–Trinajstić information content (AvgIpc) is 3.22. The van der Waals surface area contributed by atoms with Crippen LogP contribution in [-0.4, -0.2) is 9.55 Å². The summed E-state index contributed by atoms with van der Waals surface area (Å²) in [6.45, 7) is 0. The molecule has 3 heteroatoms. The quantitative estimate of drug-likeness (QED) is 0.365. The van der Waals surface area contributed by atoms with Gasteiger partial charge in [0.15, 0.2) is 0 Å². The van der Waals surface area contributed by atoms with Crippen LogP contribution in [0.3, 0.4) is 0 Å². The first kappa shape index (κ1) is 13.7. The van der Waals surface area contributed by atoms with Gasteiger partial charge in [-0.25, -0.2) is 4.98 Å². The molecule has 0 bridgehead atoms. The van der Waals surface area contributed by atoms with Gasteiger partial charge in [-0.3, -0.25) is 4.57 Å². The van der Waals surface area contributed by atoms with Crippen molar-refractivity contribution in [3.8, 4) is 5.82 Å². The number of pyridine rings is 1. The number of nitrogens with zero attached hydrogens (tertiary/aromatic N) is 2. The van der Waals surface area contributed by atoms with Crippen molar-refractivity contribution in [3.63, 3.8) is 0 Å². The summed E-state index contributed by atoms with van der Waals surface area (Å²) in [5.41, 5.74) is 4.13. The van der Waals surface area contributed by atoms with Crippen LogP contribution in [0.1, 0.15) is 0 Å². The van der Waals surface area contributed by atoms with Crippen molar-refractivity contribution in [1.82, 2.24) is 9.55 Å². The maximum atomic E-state index is 6.10. The lowest BCUT2D eigenvalue weighted by atomic mass is 10.1. The van der Waals surface area contributed by atoms with E-state index in [-0.39, 0.29) is 0 Å². The van der Waals surface area contributed by atoms with E-state index >= 15 is 0 Å². The molecule has 0 unspecified atom stereocenters. The molecule has 0 radical (unpaired) electrons. The van der Waals surface area contributed by atoms with E-state index < -0.39 is 0 Å². The second-order valence-electron chi connectivity index (χ2n) is 6.50. The number of rotatable bonds is 1. The summed E-state index contributed by atoms with van der Waals surface area (Å²) in [4.78, 5) is 4.59. The van der Waals surface area contributed by atoms with Crippen LogP contribution in [-0.2, 0) is 0 Å². The Labute approximate surface area is 149 Å². The summed E-state index contributed by atoms with van der Waals surface area (Å²) >= 11 is 0. The summed E-state index contributed by atoms with van der Waals surface area (Å²) in [5.74, 6) is 0.922. The molecule has 3 aromatic carbocycles. The SMILES string of the molecule is c1ccc(-n2c3ccccc3c3cc4oc5ccccc5c4cc32)nc1. The Bertz CT molecular complexity index is 1420. The van der Waals surface area contributed by atoms with E-state index in [1.54, 1.807) is 0 Å². The Morgan fingerprint density at radius 1 is 0.615 bits per heavy atom. The maximum Gasteiger partial charge on any atom is 0.137 e. The van der Waals surface area contributed by atoms with Crippen LogP contribution in [0, 0.1) is 0 Å². The van der Waals surface area contributed by atoms with Gasteiger partial charge in [-0.05, 0) is 36.4 Å². The summed E-state index contributed by atoms with van der Waals surface area (Å²) in [5, 5.41) is 4.66. The summed E-state index contributed by atoms with van der Waals surface area (Å²) in [7, 11) is 0. The van der Waals surface area contributed by atoms with Crippen molar-refractivity contribution < 1.29 is 4.42 Å². The summed E-state index contributed by atoms with van der Waals surface area (Å²) in [6.07, 6.45) is 1.84. The smallest absolute Gasteiger partial charge is 0.137 e. The number of para-hydroxylation sites is 2. The van der Waals surface area contributed by atoms with Crippen LogP contribution in [0.5, 0.6) is 0 Å². The van der Waals surface area contributed by atoms with Gasteiger partial charge >= 0.3 is 0 Å². The Hall–Kier alpha value is -3.59. The van der Waals surface area contributed by atoms with Gasteiger partial charge in [-0.15, -0.1) is 0 Å². The number of hydrogen-bond donors (Lipinski definition) is 0. The van der Waals surface area contributed by atoms with Crippen molar-refractivity contribution in [2.75, 3.05) is 0 Å². The number of furan rings is 1. The molecule has 0 saturated carbocycles. The van der Waals surface area contributed by atoms with Crippen LogP contribution in [0.4, 0.5) is 0 Å². The first-order valence-electron chi connectivity index (χ1n) is 8.66. The van der Waals surface area contributed by atoms with Crippen molar-refractivity contribution >= 4 is 43.7 Å². The molecule has 0 aliphatic rings. The Kier molecular flexibility index (Phi) is 2.61. The van der Waals surface area contributed by atoms with E-state index in [4.69, 9.17) is 4.42 Å². The first-order valence-corrected chi connectivity index (χ1v) is 8.66. The zero-order valence-electron chi connectivity index (χ0n) is 13.9. The molecule has 0 N–H and O–H groups in total. The van der Waals surface area contributed by atoms with Crippen LogP contribution >= 0.6 is 0 Å². The van der Waals surface area contributed by atoms with E-state index in [9.17, 15) is 0 Å². The second-order valence-corrected chi connectivity index (χ2v) is 6.50. The van der Waals surface area contributed by atoms with E-state index in [1.165, 1.54) is 10.8 Å². The third kappa shape index (κ3) is 1.74. The maximum absolute atomic E-state index is 6.10. The molecule has 0 fully saturated rings. The molecule has 0 spiro atoms. The molecule has 3 nitrogen and oxygen atoms in total. The summed E-state index contributed by atoms with van der Waals surface area (Å²) in [6, 6.07) is 27.0. The standard InChI is InChI=1S/C23H14N2O/c1-3-9-19-15(7-1)17-14-22-18(16-8-2-4-10-21(16)26-22)13-20(17)25(19)23-11-5-6-12-24-23/h1-14H. The number of hydrogen-bond acceptors (Lipinski definition) is 2. The van der Waals surface area contributed by atoms with Crippen molar-refractivity contribution in [1.29, 1.82) is 0 Å². The third-order valence-electron chi connectivity index (χ3n) is 5.05. The minimum Gasteiger partial charge on any atom is -0.456 e. The van der Waals surface area contributed by atoms with Crippen LogP contribution < -0.4 is 0 Å². The van der Waals surface area contributed by atoms with Gasteiger partial charge in [0.2, 0.25) is 0 Å². The zero-order valence-corrected chi connectivity index (χ0v) is 13.9. The largest absolute Gasteiger partial charge is 0.456 e. The predicted octanol–water partition coefficient (Wildman–Crippen LogP) is 6.08. The predicted molar refractivity (Wildman–Crippen MR) is 106 cm³/mol. The lowest BCUT2D eigenvalue weighted by molar-refractivity contribution is 0.669. The van der Waals surface area contributed by atoms with Crippen LogP contribution in [0.15, 0.2) is 89.5 Å².